The Labute approximate surface area is 168 Å². The zero-order valence-corrected chi connectivity index (χ0v) is 16.7. The summed E-state index contributed by atoms with van der Waals surface area (Å²) >= 11 is 0. The summed E-state index contributed by atoms with van der Waals surface area (Å²) in [5.74, 6) is 0.175. The third-order valence-corrected chi connectivity index (χ3v) is 4.76. The predicted octanol–water partition coefficient (Wildman–Crippen LogP) is 3.37. The van der Waals surface area contributed by atoms with E-state index in [1.807, 2.05) is 0 Å². The second-order valence-corrected chi connectivity index (χ2v) is 6.79. The van der Waals surface area contributed by atoms with Gasteiger partial charge in [0.15, 0.2) is 5.96 Å². The molecule has 0 spiro atoms. The average Bonchev–Trinajstić information content (AvgIpc) is 2.70. The van der Waals surface area contributed by atoms with Gasteiger partial charge in [0.2, 0.25) is 0 Å². The van der Waals surface area contributed by atoms with Crippen molar-refractivity contribution in [1.29, 1.82) is 0 Å². The number of carbonyl (C=O) groups is 1. The Hall–Kier alpha value is -2.45. The number of nitrogens with one attached hydrogen (secondary N) is 2. The maximum Gasteiger partial charge on any atom is 0.419 e. The molecule has 0 bridgehead atoms. The van der Waals surface area contributed by atoms with Crippen molar-refractivity contribution in [2.45, 2.75) is 44.8 Å². The van der Waals surface area contributed by atoms with E-state index in [4.69, 9.17) is 9.47 Å². The molecule has 0 atom stereocenters. The van der Waals surface area contributed by atoms with Crippen LogP contribution < -0.4 is 15.4 Å². The quantitative estimate of drug-likeness (QED) is 0.309. The van der Waals surface area contributed by atoms with Crippen molar-refractivity contribution in [3.63, 3.8) is 0 Å². The number of ether oxygens (including phenoxy) is 2. The molecular formula is C20H28F3N3O3. The van der Waals surface area contributed by atoms with Crippen LogP contribution in [0, 0.1) is 5.92 Å². The van der Waals surface area contributed by atoms with E-state index in [0.717, 1.165) is 31.7 Å². The van der Waals surface area contributed by atoms with Crippen molar-refractivity contribution >= 4 is 11.9 Å². The Morgan fingerprint density at radius 2 is 1.90 bits per heavy atom. The van der Waals surface area contributed by atoms with Gasteiger partial charge in [-0.3, -0.25) is 9.79 Å². The number of nitrogens with zero attached hydrogens (tertiary/aromatic N) is 1. The van der Waals surface area contributed by atoms with Gasteiger partial charge in [0.05, 0.1) is 24.6 Å². The van der Waals surface area contributed by atoms with Gasteiger partial charge in [-0.1, -0.05) is 12.1 Å². The number of esters is 1. The molecule has 0 unspecified atom stereocenters. The molecule has 2 N–H and O–H groups in total. The number of alkyl halides is 3. The van der Waals surface area contributed by atoms with Crippen molar-refractivity contribution in [2.24, 2.45) is 10.9 Å². The molecule has 162 valence electrons. The molecule has 1 aromatic rings. The fourth-order valence-electron chi connectivity index (χ4n) is 3.28. The molecule has 1 aromatic carbocycles. The van der Waals surface area contributed by atoms with Gasteiger partial charge >= 0.3 is 12.1 Å². The number of rotatable bonds is 7. The number of para-hydroxylation sites is 1. The lowest BCUT2D eigenvalue weighted by Gasteiger charge is -2.29. The lowest BCUT2D eigenvalue weighted by Crippen LogP contribution is -2.46. The van der Waals surface area contributed by atoms with Crippen molar-refractivity contribution in [3.8, 4) is 5.75 Å². The molecular weight excluding hydrogens is 387 g/mol. The molecule has 1 fully saturated rings. The van der Waals surface area contributed by atoms with Crippen molar-refractivity contribution in [2.75, 3.05) is 26.8 Å². The smallest absolute Gasteiger partial charge is 0.419 e. The van der Waals surface area contributed by atoms with Gasteiger partial charge in [0.25, 0.3) is 0 Å². The molecule has 0 aromatic heterocycles. The number of halogens is 3. The van der Waals surface area contributed by atoms with Crippen LogP contribution in [0.25, 0.3) is 0 Å². The third kappa shape index (κ3) is 7.14. The minimum atomic E-state index is -4.45. The lowest BCUT2D eigenvalue weighted by atomic mass is 9.86. The van der Waals surface area contributed by atoms with E-state index < -0.39 is 11.7 Å². The number of benzene rings is 1. The highest BCUT2D eigenvalue weighted by molar-refractivity contribution is 5.80. The lowest BCUT2D eigenvalue weighted by molar-refractivity contribution is -0.149. The zero-order chi connectivity index (χ0) is 21.3. The van der Waals surface area contributed by atoms with E-state index in [0.29, 0.717) is 19.1 Å². The number of hydrogen-bond donors (Lipinski definition) is 2. The minimum absolute atomic E-state index is 0.0509. The molecule has 0 heterocycles. The average molecular weight is 415 g/mol. The van der Waals surface area contributed by atoms with Gasteiger partial charge in [-0.25, -0.2) is 0 Å². The summed E-state index contributed by atoms with van der Waals surface area (Å²) in [4.78, 5) is 15.9. The van der Waals surface area contributed by atoms with Crippen LogP contribution in [-0.4, -0.2) is 44.8 Å². The van der Waals surface area contributed by atoms with Gasteiger partial charge in [-0.15, -0.1) is 0 Å². The van der Waals surface area contributed by atoms with Gasteiger partial charge in [0.1, 0.15) is 12.4 Å². The van der Waals surface area contributed by atoms with Crippen LogP contribution in [0.1, 0.15) is 38.2 Å². The molecule has 6 nitrogen and oxygen atoms in total. The molecule has 29 heavy (non-hydrogen) atoms. The topological polar surface area (TPSA) is 72.0 Å². The minimum Gasteiger partial charge on any atom is -0.491 e. The third-order valence-electron chi connectivity index (χ3n) is 4.76. The molecule has 0 radical (unpaired) electrons. The first kappa shape index (κ1) is 22.8. The van der Waals surface area contributed by atoms with Gasteiger partial charge in [-0.2, -0.15) is 13.2 Å². The summed E-state index contributed by atoms with van der Waals surface area (Å²) in [5, 5.41) is 6.32. The fraction of sp³-hybridized carbons (Fsp3) is 0.600. The first-order valence-electron chi connectivity index (χ1n) is 9.78. The van der Waals surface area contributed by atoms with E-state index in [-0.39, 0.29) is 30.3 Å². The summed E-state index contributed by atoms with van der Waals surface area (Å²) in [6, 6.07) is 5.31. The van der Waals surface area contributed by atoms with Crippen molar-refractivity contribution < 1.29 is 27.4 Å². The van der Waals surface area contributed by atoms with E-state index in [2.05, 4.69) is 15.6 Å². The summed E-state index contributed by atoms with van der Waals surface area (Å²) in [5.41, 5.74) is -0.791. The van der Waals surface area contributed by atoms with E-state index in [1.54, 1.807) is 14.0 Å². The molecule has 1 aliphatic rings. The fourth-order valence-corrected chi connectivity index (χ4v) is 3.28. The van der Waals surface area contributed by atoms with E-state index in [1.165, 1.54) is 18.2 Å². The molecule has 1 aliphatic carbocycles. The summed E-state index contributed by atoms with van der Waals surface area (Å²) in [6.45, 7) is 2.54. The standard InChI is InChI=1S/C20H28F3N3O3/c1-3-28-18(27)14-8-10-15(11-9-14)26-19(24-2)25-12-13-29-17-7-5-4-6-16(17)20(21,22)23/h4-7,14-15H,3,8-13H2,1-2H3,(H2,24,25,26). The number of hydrogen-bond acceptors (Lipinski definition) is 4. The summed E-state index contributed by atoms with van der Waals surface area (Å²) in [6.07, 6.45) is -1.31. The predicted molar refractivity (Wildman–Crippen MR) is 104 cm³/mol. The van der Waals surface area contributed by atoms with E-state index in [9.17, 15) is 18.0 Å². The Bertz CT molecular complexity index is 687. The highest BCUT2D eigenvalue weighted by Crippen LogP contribution is 2.35. The van der Waals surface area contributed by atoms with Gasteiger partial charge in [0, 0.05) is 13.1 Å². The molecule has 2 rings (SSSR count). The maximum atomic E-state index is 13.0. The van der Waals surface area contributed by atoms with E-state index >= 15 is 0 Å². The van der Waals surface area contributed by atoms with Crippen LogP contribution in [0.5, 0.6) is 5.75 Å². The number of carbonyl (C=O) groups excluding carboxylic acids is 1. The highest BCUT2D eigenvalue weighted by atomic mass is 19.4. The Morgan fingerprint density at radius 1 is 1.21 bits per heavy atom. The van der Waals surface area contributed by atoms with Crippen LogP contribution in [0.4, 0.5) is 13.2 Å². The van der Waals surface area contributed by atoms with Gasteiger partial charge in [-0.05, 0) is 44.7 Å². The van der Waals surface area contributed by atoms with Crippen LogP contribution >= 0.6 is 0 Å². The Kier molecular flexibility index (Phi) is 8.60. The summed E-state index contributed by atoms with van der Waals surface area (Å²) in [7, 11) is 1.62. The first-order chi connectivity index (χ1) is 13.8. The first-order valence-corrected chi connectivity index (χ1v) is 9.78. The molecule has 1 saturated carbocycles. The normalized spacial score (nSPS) is 20.1. The monoisotopic (exact) mass is 415 g/mol. The maximum absolute atomic E-state index is 13.0. The Morgan fingerprint density at radius 3 is 2.52 bits per heavy atom. The second-order valence-electron chi connectivity index (χ2n) is 6.79. The van der Waals surface area contributed by atoms with Crippen LogP contribution in [-0.2, 0) is 15.7 Å². The van der Waals surface area contributed by atoms with Crippen LogP contribution in [0.15, 0.2) is 29.3 Å². The molecule has 0 saturated heterocycles. The van der Waals surface area contributed by atoms with Crippen molar-refractivity contribution in [3.05, 3.63) is 29.8 Å². The SMILES string of the molecule is CCOC(=O)C1CCC(NC(=NC)NCCOc2ccccc2C(F)(F)F)CC1. The molecule has 0 amide bonds. The summed E-state index contributed by atoms with van der Waals surface area (Å²) < 4.78 is 49.3. The second kappa shape index (κ2) is 10.9. The zero-order valence-electron chi connectivity index (χ0n) is 16.7. The Balaban J connectivity index is 1.74. The largest absolute Gasteiger partial charge is 0.491 e. The number of aliphatic imine (C=N–C) groups is 1. The highest BCUT2D eigenvalue weighted by Gasteiger charge is 2.34. The molecule has 0 aliphatic heterocycles. The number of guanidine groups is 1. The van der Waals surface area contributed by atoms with Crippen molar-refractivity contribution in [1.82, 2.24) is 10.6 Å². The molecule has 9 heteroatoms. The van der Waals surface area contributed by atoms with Gasteiger partial charge < -0.3 is 20.1 Å². The van der Waals surface area contributed by atoms with Crippen LogP contribution in [0.2, 0.25) is 0 Å². The van der Waals surface area contributed by atoms with Crippen LogP contribution in [0.3, 0.4) is 0 Å².